The second-order valence-corrected chi connectivity index (χ2v) is 6.30. The first-order chi connectivity index (χ1) is 13.1. The fraction of sp³-hybridized carbons (Fsp3) is 0.0870. The summed E-state index contributed by atoms with van der Waals surface area (Å²) in [7, 11) is 1.64. The van der Waals surface area contributed by atoms with E-state index in [1.807, 2.05) is 73.7 Å². The molecule has 1 heterocycles. The number of aromatic nitrogens is 2. The highest BCUT2D eigenvalue weighted by molar-refractivity contribution is 5.80. The van der Waals surface area contributed by atoms with Crippen LogP contribution in [0.4, 0.5) is 0 Å². The normalized spacial score (nSPS) is 10.4. The predicted octanol–water partition coefficient (Wildman–Crippen LogP) is 4.66. The van der Waals surface area contributed by atoms with Crippen LogP contribution >= 0.6 is 0 Å². The van der Waals surface area contributed by atoms with E-state index in [2.05, 4.69) is 16.8 Å². The number of imidazole rings is 1. The van der Waals surface area contributed by atoms with Crippen LogP contribution in [-0.2, 0) is 0 Å². The van der Waals surface area contributed by atoms with Gasteiger partial charge in [0.2, 0.25) is 0 Å². The topological polar surface area (TPSA) is 47.3 Å². The maximum absolute atomic E-state index is 10.4. The van der Waals surface area contributed by atoms with Crippen LogP contribution < -0.4 is 4.74 Å². The first kappa shape index (κ1) is 16.7. The molecule has 0 aliphatic heterocycles. The monoisotopic (exact) mass is 354 g/mol. The van der Waals surface area contributed by atoms with Crippen molar-refractivity contribution in [2.45, 2.75) is 6.92 Å². The summed E-state index contributed by atoms with van der Waals surface area (Å²) in [6.45, 7) is 1.99. The molecule has 0 aliphatic rings. The van der Waals surface area contributed by atoms with Crippen LogP contribution in [0.3, 0.4) is 0 Å². The number of ether oxygens (including phenoxy) is 1. The van der Waals surface area contributed by atoms with Crippen molar-refractivity contribution in [3.63, 3.8) is 0 Å². The Morgan fingerprint density at radius 2 is 1.52 bits per heavy atom. The molecule has 4 rings (SSSR count). The van der Waals surface area contributed by atoms with Crippen LogP contribution in [0.1, 0.15) is 16.7 Å². The predicted molar refractivity (Wildman–Crippen MR) is 106 cm³/mol. The summed E-state index contributed by atoms with van der Waals surface area (Å²) in [5, 5.41) is 10.4. The molecule has 4 nitrogen and oxygen atoms in total. The van der Waals surface area contributed by atoms with Gasteiger partial charge in [-0.3, -0.25) is 0 Å². The zero-order chi connectivity index (χ0) is 18.8. The Balaban J connectivity index is 1.61. The van der Waals surface area contributed by atoms with Gasteiger partial charge in [0.15, 0.2) is 5.82 Å². The molecule has 3 aromatic carbocycles. The zero-order valence-electron chi connectivity index (χ0n) is 15.1. The minimum absolute atomic E-state index is 0.519. The van der Waals surface area contributed by atoms with Crippen molar-refractivity contribution in [3.8, 4) is 29.0 Å². The Labute approximate surface area is 157 Å². The fourth-order valence-corrected chi connectivity index (χ4v) is 2.88. The molecule has 0 radical (unpaired) electrons. The standard InChI is InChI=1S/C23H18N2O2/c1-16-3-14-21-22(15-16)25(26)23(24-21)19-10-6-17(7-11-19)4-5-18-8-12-20(27-2)13-9-18/h3,6-15,26H,1-2H3. The number of nitrogens with zero attached hydrogens (tertiary/aromatic N) is 2. The third kappa shape index (κ3) is 3.36. The molecule has 0 amide bonds. The van der Waals surface area contributed by atoms with Gasteiger partial charge in [-0.1, -0.05) is 17.9 Å². The molecule has 0 saturated carbocycles. The van der Waals surface area contributed by atoms with Gasteiger partial charge in [0.25, 0.3) is 0 Å². The van der Waals surface area contributed by atoms with Crippen molar-refractivity contribution in [2.24, 2.45) is 0 Å². The van der Waals surface area contributed by atoms with Gasteiger partial charge in [0, 0.05) is 16.7 Å². The molecule has 0 aliphatic carbocycles. The number of benzene rings is 3. The second-order valence-electron chi connectivity index (χ2n) is 6.30. The van der Waals surface area contributed by atoms with E-state index in [4.69, 9.17) is 4.74 Å². The molecule has 132 valence electrons. The maximum Gasteiger partial charge on any atom is 0.176 e. The van der Waals surface area contributed by atoms with Gasteiger partial charge in [-0.2, -0.15) is 4.73 Å². The largest absolute Gasteiger partial charge is 0.497 e. The lowest BCUT2D eigenvalue weighted by molar-refractivity contribution is 0.203. The Bertz CT molecular complexity index is 1160. The van der Waals surface area contributed by atoms with E-state index < -0.39 is 0 Å². The average molecular weight is 354 g/mol. The van der Waals surface area contributed by atoms with E-state index in [1.165, 1.54) is 0 Å². The SMILES string of the molecule is COc1ccc(C#Cc2ccc(-c3nc4ccc(C)cc4n3O)cc2)cc1. The van der Waals surface area contributed by atoms with Crippen LogP contribution in [-0.4, -0.2) is 22.0 Å². The molecule has 1 aromatic heterocycles. The first-order valence-electron chi connectivity index (χ1n) is 8.59. The quantitative estimate of drug-likeness (QED) is 0.421. The van der Waals surface area contributed by atoms with Crippen LogP contribution in [0, 0.1) is 18.8 Å². The Morgan fingerprint density at radius 1 is 0.889 bits per heavy atom. The van der Waals surface area contributed by atoms with Gasteiger partial charge in [-0.05, 0) is 73.2 Å². The molecule has 27 heavy (non-hydrogen) atoms. The van der Waals surface area contributed by atoms with Gasteiger partial charge in [-0.15, -0.1) is 0 Å². The Hall–Kier alpha value is -3.71. The maximum atomic E-state index is 10.4. The van der Waals surface area contributed by atoms with Crippen molar-refractivity contribution >= 4 is 11.0 Å². The minimum atomic E-state index is 0.519. The van der Waals surface area contributed by atoms with E-state index in [-0.39, 0.29) is 0 Å². The molecular formula is C23H18N2O2. The lowest BCUT2D eigenvalue weighted by atomic mass is 10.1. The zero-order valence-corrected chi connectivity index (χ0v) is 15.1. The summed E-state index contributed by atoms with van der Waals surface area (Å²) in [5.74, 6) is 7.61. The average Bonchev–Trinajstić information content (AvgIpc) is 3.03. The van der Waals surface area contributed by atoms with Crippen molar-refractivity contribution in [3.05, 3.63) is 83.4 Å². The number of methoxy groups -OCH3 is 1. The summed E-state index contributed by atoms with van der Waals surface area (Å²) in [6.07, 6.45) is 0. The summed E-state index contributed by atoms with van der Waals surface area (Å²) in [4.78, 5) is 4.53. The van der Waals surface area contributed by atoms with E-state index in [9.17, 15) is 5.21 Å². The highest BCUT2D eigenvalue weighted by atomic mass is 16.5. The lowest BCUT2D eigenvalue weighted by Crippen LogP contribution is -1.94. The third-order valence-corrected chi connectivity index (χ3v) is 4.37. The van der Waals surface area contributed by atoms with Crippen molar-refractivity contribution in [1.82, 2.24) is 9.71 Å². The van der Waals surface area contributed by atoms with Crippen LogP contribution in [0.2, 0.25) is 0 Å². The van der Waals surface area contributed by atoms with E-state index >= 15 is 0 Å². The second kappa shape index (κ2) is 6.89. The van der Waals surface area contributed by atoms with E-state index in [0.717, 1.165) is 38.3 Å². The van der Waals surface area contributed by atoms with Crippen molar-refractivity contribution < 1.29 is 9.94 Å². The number of rotatable bonds is 2. The molecule has 0 fully saturated rings. The van der Waals surface area contributed by atoms with E-state index in [1.54, 1.807) is 7.11 Å². The van der Waals surface area contributed by atoms with Gasteiger partial charge in [0.05, 0.1) is 12.6 Å². The summed E-state index contributed by atoms with van der Waals surface area (Å²) in [5.41, 5.74) is 5.20. The number of fused-ring (bicyclic) bond motifs is 1. The van der Waals surface area contributed by atoms with Crippen LogP contribution in [0.15, 0.2) is 66.7 Å². The first-order valence-corrected chi connectivity index (χ1v) is 8.59. The molecule has 0 atom stereocenters. The summed E-state index contributed by atoms with van der Waals surface area (Å²) >= 11 is 0. The smallest absolute Gasteiger partial charge is 0.176 e. The molecule has 0 saturated heterocycles. The molecule has 0 spiro atoms. The van der Waals surface area contributed by atoms with Gasteiger partial charge in [0.1, 0.15) is 11.3 Å². The molecule has 4 aromatic rings. The summed E-state index contributed by atoms with van der Waals surface area (Å²) < 4.78 is 6.29. The van der Waals surface area contributed by atoms with Crippen LogP contribution in [0.25, 0.3) is 22.4 Å². The molecule has 4 heteroatoms. The molecule has 1 N–H and O–H groups in total. The highest BCUT2D eigenvalue weighted by Crippen LogP contribution is 2.24. The van der Waals surface area contributed by atoms with Gasteiger partial charge >= 0.3 is 0 Å². The number of hydrogen-bond acceptors (Lipinski definition) is 3. The number of hydrogen-bond donors (Lipinski definition) is 1. The fourth-order valence-electron chi connectivity index (χ4n) is 2.88. The molecule has 0 unspecified atom stereocenters. The highest BCUT2D eigenvalue weighted by Gasteiger charge is 2.11. The minimum Gasteiger partial charge on any atom is -0.497 e. The lowest BCUT2D eigenvalue weighted by Gasteiger charge is -2.01. The van der Waals surface area contributed by atoms with E-state index in [0.29, 0.717) is 11.3 Å². The van der Waals surface area contributed by atoms with Crippen molar-refractivity contribution in [2.75, 3.05) is 7.11 Å². The number of aryl methyl sites for hydroxylation is 1. The van der Waals surface area contributed by atoms with Gasteiger partial charge in [-0.25, -0.2) is 4.98 Å². The Morgan fingerprint density at radius 3 is 2.15 bits per heavy atom. The summed E-state index contributed by atoms with van der Waals surface area (Å²) in [6, 6.07) is 21.1. The van der Waals surface area contributed by atoms with Crippen LogP contribution in [0.5, 0.6) is 5.75 Å². The van der Waals surface area contributed by atoms with Gasteiger partial charge < -0.3 is 9.94 Å². The van der Waals surface area contributed by atoms with Crippen molar-refractivity contribution in [1.29, 1.82) is 0 Å². The molecule has 0 bridgehead atoms. The third-order valence-electron chi connectivity index (χ3n) is 4.37. The Kier molecular flexibility index (Phi) is 4.27. The molecular weight excluding hydrogens is 336 g/mol.